The van der Waals surface area contributed by atoms with Gasteiger partial charge in [0.2, 0.25) is 5.91 Å². The Labute approximate surface area is 184 Å². The summed E-state index contributed by atoms with van der Waals surface area (Å²) in [6.45, 7) is 0. The van der Waals surface area contributed by atoms with Crippen molar-refractivity contribution in [3.05, 3.63) is 108 Å². The van der Waals surface area contributed by atoms with E-state index in [1.165, 1.54) is 23.9 Å². The number of halogens is 1. The zero-order valence-corrected chi connectivity index (χ0v) is 17.7. The van der Waals surface area contributed by atoms with Crippen LogP contribution in [0.5, 0.6) is 0 Å². The van der Waals surface area contributed by atoms with E-state index in [-0.39, 0.29) is 11.7 Å². The predicted molar refractivity (Wildman–Crippen MR) is 120 cm³/mol. The standard InChI is InChI=1S/C24H21FN4OS/c1-29-21(16-17-8-4-2-5-9-17)27-28-24(29)31-22(18-10-6-3-7-11-18)23(30)26-20-14-12-19(25)13-15-20/h2-15,22H,16H2,1H3,(H,26,30). The second-order valence-corrected chi connectivity index (χ2v) is 8.10. The minimum absolute atomic E-state index is 0.213. The highest BCUT2D eigenvalue weighted by Crippen LogP contribution is 2.35. The second kappa shape index (κ2) is 9.57. The molecule has 0 saturated carbocycles. The number of benzene rings is 3. The summed E-state index contributed by atoms with van der Waals surface area (Å²) in [7, 11) is 1.90. The second-order valence-electron chi connectivity index (χ2n) is 7.02. The number of hydrogen-bond donors (Lipinski definition) is 1. The summed E-state index contributed by atoms with van der Waals surface area (Å²) in [5.74, 6) is 0.256. The van der Waals surface area contributed by atoms with Gasteiger partial charge in [-0.15, -0.1) is 10.2 Å². The molecule has 1 unspecified atom stereocenters. The number of rotatable bonds is 7. The van der Waals surface area contributed by atoms with Gasteiger partial charge in [0.25, 0.3) is 0 Å². The molecule has 7 heteroatoms. The maximum absolute atomic E-state index is 13.2. The lowest BCUT2D eigenvalue weighted by atomic mass is 10.1. The molecule has 1 N–H and O–H groups in total. The van der Waals surface area contributed by atoms with Crippen LogP contribution in [0.25, 0.3) is 0 Å². The van der Waals surface area contributed by atoms with E-state index in [4.69, 9.17) is 0 Å². The highest BCUT2D eigenvalue weighted by Gasteiger charge is 2.25. The first kappa shape index (κ1) is 20.8. The molecule has 0 aliphatic carbocycles. The molecule has 3 aromatic carbocycles. The first-order valence-corrected chi connectivity index (χ1v) is 10.7. The third-order valence-corrected chi connectivity index (χ3v) is 6.09. The molecule has 0 bridgehead atoms. The quantitative estimate of drug-likeness (QED) is 0.417. The van der Waals surface area contributed by atoms with Gasteiger partial charge in [-0.1, -0.05) is 72.4 Å². The van der Waals surface area contributed by atoms with E-state index in [0.29, 0.717) is 17.3 Å². The van der Waals surface area contributed by atoms with E-state index in [1.807, 2.05) is 72.3 Å². The third-order valence-electron chi connectivity index (χ3n) is 4.81. The minimum atomic E-state index is -0.543. The first-order chi connectivity index (χ1) is 15.1. The predicted octanol–water partition coefficient (Wildman–Crippen LogP) is 5.02. The highest BCUT2D eigenvalue weighted by atomic mass is 32.2. The lowest BCUT2D eigenvalue weighted by molar-refractivity contribution is -0.115. The van der Waals surface area contributed by atoms with Gasteiger partial charge in [-0.25, -0.2) is 4.39 Å². The maximum Gasteiger partial charge on any atom is 0.242 e. The number of amides is 1. The summed E-state index contributed by atoms with van der Waals surface area (Å²) in [6.07, 6.45) is 0.655. The van der Waals surface area contributed by atoms with Gasteiger partial charge in [0.05, 0.1) is 0 Å². The fourth-order valence-electron chi connectivity index (χ4n) is 3.13. The number of hydrogen-bond acceptors (Lipinski definition) is 4. The van der Waals surface area contributed by atoms with E-state index in [2.05, 4.69) is 15.5 Å². The lowest BCUT2D eigenvalue weighted by Gasteiger charge is -2.16. The number of carbonyl (C=O) groups excluding carboxylic acids is 1. The van der Waals surface area contributed by atoms with Crippen LogP contribution in [0, 0.1) is 5.82 Å². The Bertz CT molecular complexity index is 1150. The highest BCUT2D eigenvalue weighted by molar-refractivity contribution is 8.00. The van der Waals surface area contributed by atoms with Crippen molar-refractivity contribution >= 4 is 23.4 Å². The third kappa shape index (κ3) is 5.19. The molecule has 31 heavy (non-hydrogen) atoms. The van der Waals surface area contributed by atoms with Crippen LogP contribution in [0.2, 0.25) is 0 Å². The molecule has 0 aliphatic rings. The molecule has 4 aromatic rings. The number of aromatic nitrogens is 3. The van der Waals surface area contributed by atoms with Crippen LogP contribution in [0.3, 0.4) is 0 Å². The molecule has 0 fully saturated rings. The number of thioether (sulfide) groups is 1. The molecule has 1 amide bonds. The van der Waals surface area contributed by atoms with Crippen molar-refractivity contribution in [1.82, 2.24) is 14.8 Å². The number of anilines is 1. The van der Waals surface area contributed by atoms with Crippen molar-refractivity contribution in [2.45, 2.75) is 16.8 Å². The Kier molecular flexibility index (Phi) is 6.43. The Balaban J connectivity index is 1.57. The van der Waals surface area contributed by atoms with Gasteiger partial charge in [0.15, 0.2) is 5.16 Å². The first-order valence-electron chi connectivity index (χ1n) is 9.80. The van der Waals surface area contributed by atoms with Crippen LogP contribution in [0.15, 0.2) is 90.1 Å². The fourth-order valence-corrected chi connectivity index (χ4v) is 4.15. The van der Waals surface area contributed by atoms with E-state index in [9.17, 15) is 9.18 Å². The van der Waals surface area contributed by atoms with Crippen LogP contribution in [0.4, 0.5) is 10.1 Å². The average molecular weight is 433 g/mol. The molecule has 4 rings (SSSR count). The monoisotopic (exact) mass is 432 g/mol. The van der Waals surface area contributed by atoms with Crippen LogP contribution in [0.1, 0.15) is 22.2 Å². The van der Waals surface area contributed by atoms with Gasteiger partial charge >= 0.3 is 0 Å². The van der Waals surface area contributed by atoms with Gasteiger partial charge < -0.3 is 9.88 Å². The van der Waals surface area contributed by atoms with E-state index in [1.54, 1.807) is 12.1 Å². The van der Waals surface area contributed by atoms with Crippen LogP contribution in [-0.4, -0.2) is 20.7 Å². The fraction of sp³-hybridized carbons (Fsp3) is 0.125. The van der Waals surface area contributed by atoms with Crippen LogP contribution < -0.4 is 5.32 Å². The van der Waals surface area contributed by atoms with Crippen LogP contribution in [-0.2, 0) is 18.3 Å². The summed E-state index contributed by atoms with van der Waals surface area (Å²) in [5, 5.41) is 11.6. The molecule has 0 saturated heterocycles. The topological polar surface area (TPSA) is 59.8 Å². The summed E-state index contributed by atoms with van der Waals surface area (Å²) in [5.41, 5.74) is 2.53. The smallest absolute Gasteiger partial charge is 0.242 e. The molecule has 0 radical (unpaired) electrons. The van der Waals surface area contributed by atoms with Gasteiger partial charge in [0, 0.05) is 19.2 Å². The molecule has 1 atom stereocenters. The van der Waals surface area contributed by atoms with E-state index in [0.717, 1.165) is 17.0 Å². The number of carbonyl (C=O) groups is 1. The number of nitrogens with zero attached hydrogens (tertiary/aromatic N) is 3. The van der Waals surface area contributed by atoms with Crippen molar-refractivity contribution in [3.63, 3.8) is 0 Å². The van der Waals surface area contributed by atoms with Crippen LogP contribution >= 0.6 is 11.8 Å². The molecule has 1 heterocycles. The Morgan fingerprint density at radius 2 is 1.61 bits per heavy atom. The largest absolute Gasteiger partial charge is 0.325 e. The van der Waals surface area contributed by atoms with Crippen molar-refractivity contribution in [1.29, 1.82) is 0 Å². The van der Waals surface area contributed by atoms with Crippen molar-refractivity contribution in [3.8, 4) is 0 Å². The zero-order valence-electron chi connectivity index (χ0n) is 16.9. The van der Waals surface area contributed by atoms with E-state index >= 15 is 0 Å². The van der Waals surface area contributed by atoms with Gasteiger partial charge in [-0.3, -0.25) is 4.79 Å². The summed E-state index contributed by atoms with van der Waals surface area (Å²) in [6, 6.07) is 25.3. The Hall–Kier alpha value is -3.45. The summed E-state index contributed by atoms with van der Waals surface area (Å²) in [4.78, 5) is 13.1. The van der Waals surface area contributed by atoms with Gasteiger partial charge in [0.1, 0.15) is 16.9 Å². The zero-order chi connectivity index (χ0) is 21.6. The summed E-state index contributed by atoms with van der Waals surface area (Å²) >= 11 is 1.33. The van der Waals surface area contributed by atoms with Crippen molar-refractivity contribution < 1.29 is 9.18 Å². The normalized spacial score (nSPS) is 11.8. The van der Waals surface area contributed by atoms with Gasteiger partial charge in [-0.05, 0) is 35.4 Å². The maximum atomic E-state index is 13.2. The SMILES string of the molecule is Cn1c(Cc2ccccc2)nnc1SC(C(=O)Nc1ccc(F)cc1)c1ccccc1. The number of nitrogens with one attached hydrogen (secondary N) is 1. The molecule has 0 aliphatic heterocycles. The Morgan fingerprint density at radius 3 is 2.29 bits per heavy atom. The average Bonchev–Trinajstić information content (AvgIpc) is 3.14. The minimum Gasteiger partial charge on any atom is -0.325 e. The molecular formula is C24H21FN4OS. The van der Waals surface area contributed by atoms with Crippen molar-refractivity contribution in [2.75, 3.05) is 5.32 Å². The summed E-state index contributed by atoms with van der Waals surface area (Å²) < 4.78 is 15.1. The molecule has 5 nitrogen and oxygen atoms in total. The van der Waals surface area contributed by atoms with Crippen molar-refractivity contribution in [2.24, 2.45) is 7.05 Å². The molecule has 0 spiro atoms. The molecule has 156 valence electrons. The lowest BCUT2D eigenvalue weighted by Crippen LogP contribution is -2.19. The van der Waals surface area contributed by atoms with Gasteiger partial charge in [-0.2, -0.15) is 0 Å². The van der Waals surface area contributed by atoms with E-state index < -0.39 is 5.25 Å². The Morgan fingerprint density at radius 1 is 0.968 bits per heavy atom. The molecule has 1 aromatic heterocycles. The molecular weight excluding hydrogens is 411 g/mol.